The van der Waals surface area contributed by atoms with Gasteiger partial charge in [0.1, 0.15) is 11.5 Å². The molecule has 33 heavy (non-hydrogen) atoms. The molecule has 0 N–H and O–H groups in total. The number of methoxy groups -OCH3 is 2. The number of benzene rings is 1. The molecule has 0 radical (unpaired) electrons. The first-order valence-corrected chi connectivity index (χ1v) is 11.4. The summed E-state index contributed by atoms with van der Waals surface area (Å²) in [6, 6.07) is 8.93. The van der Waals surface area contributed by atoms with Gasteiger partial charge in [-0.05, 0) is 37.1 Å². The van der Waals surface area contributed by atoms with Gasteiger partial charge >= 0.3 is 0 Å². The Morgan fingerprint density at radius 3 is 2.48 bits per heavy atom. The lowest BCUT2D eigenvalue weighted by atomic mass is 10.1. The van der Waals surface area contributed by atoms with Crippen LogP contribution in [0.5, 0.6) is 11.5 Å². The number of morpholine rings is 1. The number of ether oxygens (including phenoxy) is 3. The largest absolute Gasteiger partial charge is 0.497 e. The Kier molecular flexibility index (Phi) is 7.44. The number of hydrogen-bond acceptors (Lipinski definition) is 6. The summed E-state index contributed by atoms with van der Waals surface area (Å²) in [4.78, 5) is 34.4. The summed E-state index contributed by atoms with van der Waals surface area (Å²) in [5.41, 5.74) is 1.09. The van der Waals surface area contributed by atoms with Crippen LogP contribution in [0.25, 0.3) is 0 Å². The first kappa shape index (κ1) is 23.0. The molecule has 2 heterocycles. The first-order chi connectivity index (χ1) is 16.1. The Hall–Kier alpha value is -3.13. The van der Waals surface area contributed by atoms with Gasteiger partial charge in [0.05, 0.1) is 32.5 Å². The van der Waals surface area contributed by atoms with Gasteiger partial charge in [-0.15, -0.1) is 0 Å². The van der Waals surface area contributed by atoms with Crippen molar-refractivity contribution in [2.75, 3.05) is 40.5 Å². The van der Waals surface area contributed by atoms with Crippen LogP contribution in [-0.4, -0.2) is 79.2 Å². The van der Waals surface area contributed by atoms with Gasteiger partial charge in [0.25, 0.3) is 11.8 Å². The van der Waals surface area contributed by atoms with Crippen molar-refractivity contribution in [3.05, 3.63) is 53.9 Å². The number of carbonyl (C=O) groups is 2. The van der Waals surface area contributed by atoms with Crippen molar-refractivity contribution >= 4 is 11.8 Å². The Bertz CT molecular complexity index is 940. The summed E-state index contributed by atoms with van der Waals surface area (Å²) >= 11 is 0. The molecule has 1 aliphatic carbocycles. The van der Waals surface area contributed by atoms with E-state index in [2.05, 4.69) is 4.98 Å². The lowest BCUT2D eigenvalue weighted by Crippen LogP contribution is -2.52. The third-order valence-corrected chi connectivity index (χ3v) is 6.36. The molecule has 2 aromatic rings. The summed E-state index contributed by atoms with van der Waals surface area (Å²) < 4.78 is 16.6. The molecule has 1 saturated heterocycles. The monoisotopic (exact) mass is 453 g/mol. The van der Waals surface area contributed by atoms with E-state index in [0.29, 0.717) is 48.9 Å². The molecule has 1 aromatic heterocycles. The molecule has 0 bridgehead atoms. The molecule has 2 aliphatic rings. The van der Waals surface area contributed by atoms with Crippen molar-refractivity contribution < 1.29 is 23.8 Å². The van der Waals surface area contributed by atoms with Crippen LogP contribution in [-0.2, 0) is 4.74 Å². The van der Waals surface area contributed by atoms with Crippen LogP contribution in [0.4, 0.5) is 0 Å². The quantitative estimate of drug-likeness (QED) is 0.641. The molecule has 8 heteroatoms. The Morgan fingerprint density at radius 1 is 1.12 bits per heavy atom. The van der Waals surface area contributed by atoms with Crippen LogP contribution in [0.1, 0.15) is 46.4 Å². The highest BCUT2D eigenvalue weighted by atomic mass is 16.5. The second-order valence-corrected chi connectivity index (χ2v) is 8.48. The fourth-order valence-electron chi connectivity index (χ4n) is 4.62. The summed E-state index contributed by atoms with van der Waals surface area (Å²) in [5, 5.41) is 0. The summed E-state index contributed by atoms with van der Waals surface area (Å²) in [7, 11) is 3.12. The highest BCUT2D eigenvalue weighted by molar-refractivity contribution is 5.95. The second kappa shape index (κ2) is 10.7. The molecular weight excluding hydrogens is 422 g/mol. The number of pyridine rings is 1. The fourth-order valence-corrected chi connectivity index (χ4v) is 4.62. The Morgan fingerprint density at radius 2 is 1.85 bits per heavy atom. The summed E-state index contributed by atoms with van der Waals surface area (Å²) in [6.45, 7) is 1.79. The number of hydrogen-bond donors (Lipinski definition) is 0. The van der Waals surface area contributed by atoms with Crippen molar-refractivity contribution in [2.24, 2.45) is 0 Å². The third kappa shape index (κ3) is 5.45. The normalized spacial score (nSPS) is 18.7. The van der Waals surface area contributed by atoms with Crippen LogP contribution >= 0.6 is 0 Å². The number of amides is 2. The van der Waals surface area contributed by atoms with E-state index in [-0.39, 0.29) is 24.0 Å². The van der Waals surface area contributed by atoms with E-state index >= 15 is 0 Å². The van der Waals surface area contributed by atoms with E-state index in [1.165, 1.54) is 0 Å². The molecule has 1 aliphatic heterocycles. The van der Waals surface area contributed by atoms with Gasteiger partial charge in [-0.3, -0.25) is 14.6 Å². The Balaban J connectivity index is 1.48. The molecule has 176 valence electrons. The van der Waals surface area contributed by atoms with E-state index in [1.807, 2.05) is 4.90 Å². The third-order valence-electron chi connectivity index (χ3n) is 6.36. The molecule has 1 unspecified atom stereocenters. The minimum atomic E-state index is -0.253. The van der Waals surface area contributed by atoms with Crippen LogP contribution in [0, 0.1) is 0 Å². The van der Waals surface area contributed by atoms with Crippen molar-refractivity contribution in [2.45, 2.75) is 37.8 Å². The first-order valence-electron chi connectivity index (χ1n) is 11.4. The molecule has 8 nitrogen and oxygen atoms in total. The van der Waals surface area contributed by atoms with Crippen LogP contribution in [0.2, 0.25) is 0 Å². The maximum absolute atomic E-state index is 13.3. The van der Waals surface area contributed by atoms with Gasteiger partial charge < -0.3 is 24.0 Å². The molecule has 1 atom stereocenters. The molecular formula is C25H31N3O5. The smallest absolute Gasteiger partial charge is 0.255 e. The van der Waals surface area contributed by atoms with Gasteiger partial charge in [0, 0.05) is 49.7 Å². The highest BCUT2D eigenvalue weighted by Gasteiger charge is 2.33. The van der Waals surface area contributed by atoms with Crippen molar-refractivity contribution in [1.29, 1.82) is 0 Å². The predicted octanol–water partition coefficient (Wildman–Crippen LogP) is 3.02. The molecule has 4 rings (SSSR count). The van der Waals surface area contributed by atoms with Gasteiger partial charge in [-0.1, -0.05) is 12.8 Å². The lowest BCUT2D eigenvalue weighted by molar-refractivity contribution is -0.0371. The van der Waals surface area contributed by atoms with E-state index in [0.717, 1.165) is 25.7 Å². The van der Waals surface area contributed by atoms with E-state index < -0.39 is 0 Å². The number of carbonyl (C=O) groups excluding carboxylic acids is 2. The van der Waals surface area contributed by atoms with Crippen molar-refractivity contribution in [3.8, 4) is 11.5 Å². The average molecular weight is 454 g/mol. The second-order valence-electron chi connectivity index (χ2n) is 8.48. The molecule has 1 saturated carbocycles. The average Bonchev–Trinajstić information content (AvgIpc) is 3.41. The molecule has 2 fully saturated rings. The molecule has 1 aromatic carbocycles. The van der Waals surface area contributed by atoms with Gasteiger partial charge in [-0.2, -0.15) is 0 Å². The maximum Gasteiger partial charge on any atom is 0.255 e. The zero-order valence-electron chi connectivity index (χ0n) is 19.2. The standard InChI is InChI=1S/C25H31N3O5/c1-31-21-12-19(13-22(14-21)32-2)24(29)27-10-11-33-23(16-27)17-28(20-7-3-4-8-20)25(30)18-6-5-9-26-15-18/h5-6,9,12-15,20,23H,3-4,7-8,10-11,16-17H2,1-2H3. The summed E-state index contributed by atoms with van der Waals surface area (Å²) in [6.07, 6.45) is 7.24. The lowest BCUT2D eigenvalue weighted by Gasteiger charge is -2.38. The van der Waals surface area contributed by atoms with Crippen molar-refractivity contribution in [3.63, 3.8) is 0 Å². The maximum atomic E-state index is 13.3. The van der Waals surface area contributed by atoms with Gasteiger partial charge in [0.2, 0.25) is 0 Å². The minimum absolute atomic E-state index is 0.0282. The van der Waals surface area contributed by atoms with E-state index in [9.17, 15) is 9.59 Å². The van der Waals surface area contributed by atoms with Crippen LogP contribution < -0.4 is 9.47 Å². The minimum Gasteiger partial charge on any atom is -0.497 e. The number of rotatable bonds is 7. The van der Waals surface area contributed by atoms with Gasteiger partial charge in [0.15, 0.2) is 0 Å². The SMILES string of the molecule is COc1cc(OC)cc(C(=O)N2CCOC(CN(C(=O)c3cccnc3)C3CCCC3)C2)c1. The van der Waals surface area contributed by atoms with Crippen LogP contribution in [0.15, 0.2) is 42.7 Å². The fraction of sp³-hybridized carbons (Fsp3) is 0.480. The van der Waals surface area contributed by atoms with Gasteiger partial charge in [-0.25, -0.2) is 0 Å². The van der Waals surface area contributed by atoms with E-state index in [4.69, 9.17) is 14.2 Å². The highest BCUT2D eigenvalue weighted by Crippen LogP contribution is 2.27. The number of aromatic nitrogens is 1. The zero-order valence-corrected chi connectivity index (χ0v) is 19.2. The molecule has 2 amide bonds. The molecule has 0 spiro atoms. The number of nitrogens with zero attached hydrogens (tertiary/aromatic N) is 3. The van der Waals surface area contributed by atoms with E-state index in [1.54, 1.807) is 61.8 Å². The summed E-state index contributed by atoms with van der Waals surface area (Å²) in [5.74, 6) is 1.00. The zero-order chi connectivity index (χ0) is 23.2. The Labute approximate surface area is 194 Å². The predicted molar refractivity (Wildman–Crippen MR) is 123 cm³/mol. The van der Waals surface area contributed by atoms with Crippen molar-refractivity contribution in [1.82, 2.24) is 14.8 Å². The topological polar surface area (TPSA) is 81.2 Å². The van der Waals surface area contributed by atoms with Crippen LogP contribution in [0.3, 0.4) is 0 Å².